The molecule has 25 heavy (non-hydrogen) atoms. The highest BCUT2D eigenvalue weighted by Crippen LogP contribution is 2.32. The highest BCUT2D eigenvalue weighted by molar-refractivity contribution is 7.13. The molecule has 5 nitrogen and oxygen atoms in total. The summed E-state index contributed by atoms with van der Waals surface area (Å²) in [7, 11) is 0. The van der Waals surface area contributed by atoms with Crippen LogP contribution in [0.3, 0.4) is 0 Å². The van der Waals surface area contributed by atoms with Crippen LogP contribution in [0.4, 0.5) is 5.82 Å². The van der Waals surface area contributed by atoms with Crippen LogP contribution in [-0.4, -0.2) is 20.5 Å². The molecule has 0 saturated heterocycles. The number of fused-ring (bicyclic) bond motifs is 1. The maximum Gasteiger partial charge on any atom is 0.335 e. The van der Waals surface area contributed by atoms with Gasteiger partial charge in [-0.05, 0) is 29.1 Å². The lowest BCUT2D eigenvalue weighted by atomic mass is 10.2. The number of hydrogen-bond donors (Lipinski definition) is 2. The van der Waals surface area contributed by atoms with Crippen molar-refractivity contribution in [1.29, 1.82) is 0 Å². The molecule has 0 radical (unpaired) electrons. The Balaban J connectivity index is 1.79. The van der Waals surface area contributed by atoms with Gasteiger partial charge < -0.3 is 10.4 Å². The van der Waals surface area contributed by atoms with Gasteiger partial charge in [0.1, 0.15) is 17.2 Å². The Morgan fingerprint density at radius 3 is 2.72 bits per heavy atom. The summed E-state index contributed by atoms with van der Waals surface area (Å²) >= 11 is 1.61. The fraction of sp³-hybridized carbons (Fsp3) is 0.0526. The maximum absolute atomic E-state index is 11.2. The molecule has 0 spiro atoms. The number of carboxylic acid groups (broad SMARTS) is 1. The van der Waals surface area contributed by atoms with Gasteiger partial charge in [0.25, 0.3) is 0 Å². The van der Waals surface area contributed by atoms with E-state index in [2.05, 4.69) is 22.4 Å². The fourth-order valence-electron chi connectivity index (χ4n) is 2.71. The Hall–Kier alpha value is -3.12. The number of imidazole rings is 1. The lowest BCUT2D eigenvalue weighted by molar-refractivity contribution is 0.0697. The molecule has 0 fully saturated rings. The second-order valence-corrected chi connectivity index (χ2v) is 6.52. The molecule has 3 heterocycles. The average Bonchev–Trinajstić information content (AvgIpc) is 3.27. The molecule has 0 aliphatic heterocycles. The summed E-state index contributed by atoms with van der Waals surface area (Å²) in [6, 6.07) is 17.3. The van der Waals surface area contributed by atoms with Crippen molar-refractivity contribution in [1.82, 2.24) is 9.38 Å². The average molecular weight is 349 g/mol. The van der Waals surface area contributed by atoms with Crippen LogP contribution in [0.15, 0.2) is 66.2 Å². The maximum atomic E-state index is 11.2. The Morgan fingerprint density at radius 2 is 2.00 bits per heavy atom. The molecule has 0 unspecified atom stereocenters. The minimum atomic E-state index is -0.957. The lowest BCUT2D eigenvalue weighted by Gasteiger charge is -2.08. The zero-order chi connectivity index (χ0) is 17.2. The molecular formula is C19H15N3O2S. The molecule has 3 aromatic heterocycles. The van der Waals surface area contributed by atoms with Crippen molar-refractivity contribution in [2.75, 3.05) is 5.32 Å². The highest BCUT2D eigenvalue weighted by Gasteiger charge is 2.16. The number of pyridine rings is 1. The van der Waals surface area contributed by atoms with Gasteiger partial charge in [0.05, 0.1) is 10.4 Å². The third-order valence-electron chi connectivity index (χ3n) is 3.93. The van der Waals surface area contributed by atoms with Gasteiger partial charge in [0, 0.05) is 12.7 Å². The van der Waals surface area contributed by atoms with Gasteiger partial charge in [0.15, 0.2) is 0 Å². The van der Waals surface area contributed by atoms with Crippen LogP contribution in [0.25, 0.3) is 16.2 Å². The van der Waals surface area contributed by atoms with E-state index >= 15 is 0 Å². The minimum Gasteiger partial charge on any atom is -0.478 e. The number of thiophene rings is 1. The van der Waals surface area contributed by atoms with Crippen LogP contribution < -0.4 is 5.32 Å². The fourth-order valence-corrected chi connectivity index (χ4v) is 3.43. The van der Waals surface area contributed by atoms with Crippen LogP contribution in [0, 0.1) is 0 Å². The summed E-state index contributed by atoms with van der Waals surface area (Å²) in [5.41, 5.74) is 2.83. The molecule has 1 aromatic carbocycles. The second-order valence-electron chi connectivity index (χ2n) is 5.57. The van der Waals surface area contributed by atoms with E-state index in [0.717, 1.165) is 22.0 Å². The summed E-state index contributed by atoms with van der Waals surface area (Å²) in [5, 5.41) is 14.7. The molecule has 4 aromatic rings. The van der Waals surface area contributed by atoms with Gasteiger partial charge in [-0.3, -0.25) is 4.40 Å². The predicted octanol–water partition coefficient (Wildman–Crippen LogP) is 4.37. The number of carbonyl (C=O) groups is 1. The SMILES string of the molecule is O=C(O)c1ccn2c(NCc3ccccc3)c(-c3cccs3)nc2c1. The van der Waals surface area contributed by atoms with Crippen molar-refractivity contribution in [3.63, 3.8) is 0 Å². The molecule has 0 aliphatic carbocycles. The molecule has 0 atom stereocenters. The van der Waals surface area contributed by atoms with Gasteiger partial charge in [-0.2, -0.15) is 0 Å². The highest BCUT2D eigenvalue weighted by atomic mass is 32.1. The monoisotopic (exact) mass is 349 g/mol. The van der Waals surface area contributed by atoms with Crippen LogP contribution in [-0.2, 0) is 6.54 Å². The van der Waals surface area contributed by atoms with Crippen molar-refractivity contribution in [3.05, 3.63) is 77.3 Å². The first kappa shape index (κ1) is 15.4. The number of carboxylic acids is 1. The van der Waals surface area contributed by atoms with Crippen LogP contribution >= 0.6 is 11.3 Å². The quantitative estimate of drug-likeness (QED) is 0.561. The van der Waals surface area contributed by atoms with Crippen molar-refractivity contribution >= 4 is 28.8 Å². The van der Waals surface area contributed by atoms with Crippen molar-refractivity contribution in [2.24, 2.45) is 0 Å². The first-order valence-corrected chi connectivity index (χ1v) is 8.67. The Bertz CT molecular complexity index is 1020. The smallest absolute Gasteiger partial charge is 0.335 e. The van der Waals surface area contributed by atoms with Crippen LogP contribution in [0.2, 0.25) is 0 Å². The van der Waals surface area contributed by atoms with Gasteiger partial charge in [-0.1, -0.05) is 36.4 Å². The number of nitrogens with one attached hydrogen (secondary N) is 1. The first-order valence-electron chi connectivity index (χ1n) is 7.79. The molecule has 4 rings (SSSR count). The molecule has 2 N–H and O–H groups in total. The number of aromatic carboxylic acids is 1. The number of hydrogen-bond acceptors (Lipinski definition) is 4. The summed E-state index contributed by atoms with van der Waals surface area (Å²) in [6.45, 7) is 0.660. The minimum absolute atomic E-state index is 0.227. The molecule has 0 amide bonds. The number of aromatic nitrogens is 2. The van der Waals surface area contributed by atoms with E-state index in [0.29, 0.717) is 12.2 Å². The van der Waals surface area contributed by atoms with Crippen molar-refractivity contribution in [3.8, 4) is 10.6 Å². The molecule has 0 saturated carbocycles. The van der Waals surface area contributed by atoms with Gasteiger partial charge in [-0.15, -0.1) is 11.3 Å². The molecule has 0 aliphatic rings. The molecular weight excluding hydrogens is 334 g/mol. The molecule has 6 heteroatoms. The van der Waals surface area contributed by atoms with E-state index in [9.17, 15) is 9.90 Å². The Kier molecular flexibility index (Phi) is 3.95. The van der Waals surface area contributed by atoms with E-state index in [1.807, 2.05) is 40.1 Å². The second kappa shape index (κ2) is 6.41. The molecule has 0 bridgehead atoms. The zero-order valence-corrected chi connectivity index (χ0v) is 14.0. The Labute approximate surface area is 148 Å². The number of anilines is 1. The third kappa shape index (κ3) is 2.99. The van der Waals surface area contributed by atoms with Gasteiger partial charge >= 0.3 is 5.97 Å². The predicted molar refractivity (Wildman–Crippen MR) is 99.2 cm³/mol. The zero-order valence-electron chi connectivity index (χ0n) is 13.2. The number of nitrogens with zero attached hydrogens (tertiary/aromatic N) is 2. The van der Waals surface area contributed by atoms with Gasteiger partial charge in [-0.25, -0.2) is 9.78 Å². The Morgan fingerprint density at radius 1 is 1.16 bits per heavy atom. The normalized spacial score (nSPS) is 10.9. The van der Waals surface area contributed by atoms with Crippen molar-refractivity contribution in [2.45, 2.75) is 6.54 Å². The van der Waals surface area contributed by atoms with Gasteiger partial charge in [0.2, 0.25) is 0 Å². The third-order valence-corrected chi connectivity index (χ3v) is 4.81. The van der Waals surface area contributed by atoms with Crippen LogP contribution in [0.5, 0.6) is 0 Å². The number of rotatable bonds is 5. The number of benzene rings is 1. The first-order chi connectivity index (χ1) is 12.2. The topological polar surface area (TPSA) is 66.6 Å². The largest absolute Gasteiger partial charge is 0.478 e. The summed E-state index contributed by atoms with van der Waals surface area (Å²) in [5.74, 6) is -0.0970. The van der Waals surface area contributed by atoms with E-state index in [4.69, 9.17) is 0 Å². The van der Waals surface area contributed by atoms with E-state index in [1.165, 1.54) is 0 Å². The molecule has 124 valence electrons. The van der Waals surface area contributed by atoms with Crippen molar-refractivity contribution < 1.29 is 9.90 Å². The van der Waals surface area contributed by atoms with E-state index in [-0.39, 0.29) is 5.56 Å². The summed E-state index contributed by atoms with van der Waals surface area (Å²) in [6.07, 6.45) is 1.75. The standard InChI is InChI=1S/C19H15N3O2S/c23-19(24)14-8-9-22-16(11-14)21-17(15-7-4-10-25-15)18(22)20-12-13-5-2-1-3-6-13/h1-11,20H,12H2,(H,23,24). The van der Waals surface area contributed by atoms with Crippen LogP contribution in [0.1, 0.15) is 15.9 Å². The summed E-state index contributed by atoms with van der Waals surface area (Å²) in [4.78, 5) is 16.9. The summed E-state index contributed by atoms with van der Waals surface area (Å²) < 4.78 is 1.89. The lowest BCUT2D eigenvalue weighted by Crippen LogP contribution is -2.04. The van der Waals surface area contributed by atoms with E-state index < -0.39 is 5.97 Å². The van der Waals surface area contributed by atoms with E-state index in [1.54, 1.807) is 29.7 Å².